The highest BCUT2D eigenvalue weighted by Crippen LogP contribution is 2.25. The minimum Gasteiger partial charge on any atom is -0.463 e. The fourth-order valence-electron chi connectivity index (χ4n) is 2.03. The fraction of sp³-hybridized carbons (Fsp3) is 0.214. The molecule has 18 heavy (non-hydrogen) atoms. The van der Waals surface area contributed by atoms with Crippen molar-refractivity contribution in [1.29, 1.82) is 0 Å². The second kappa shape index (κ2) is 4.96. The number of H-pyrrole nitrogens is 1. The van der Waals surface area contributed by atoms with Crippen molar-refractivity contribution in [2.24, 2.45) is 5.73 Å². The molecule has 0 aliphatic carbocycles. The molecule has 1 heterocycles. The molecule has 0 aliphatic heterocycles. The number of ether oxygens (including phenoxy) is 1. The Balaban J connectivity index is 2.47. The SMILES string of the molecule is CCOC(=O)/C=C(/N)c1c(C)[nH]c2ccccc12. The quantitative estimate of drug-likeness (QED) is 0.643. The van der Waals surface area contributed by atoms with E-state index in [-0.39, 0.29) is 0 Å². The lowest BCUT2D eigenvalue weighted by Gasteiger charge is -2.02. The number of benzene rings is 1. The maximum Gasteiger partial charge on any atom is 0.332 e. The minimum absolute atomic E-state index is 0.343. The maximum absolute atomic E-state index is 11.4. The molecule has 0 unspecified atom stereocenters. The predicted molar refractivity (Wildman–Crippen MR) is 71.8 cm³/mol. The van der Waals surface area contributed by atoms with Gasteiger partial charge in [0.2, 0.25) is 0 Å². The van der Waals surface area contributed by atoms with Crippen LogP contribution in [0.25, 0.3) is 16.6 Å². The van der Waals surface area contributed by atoms with E-state index in [0.29, 0.717) is 12.3 Å². The number of fused-ring (bicyclic) bond motifs is 1. The molecule has 0 saturated carbocycles. The Hall–Kier alpha value is -2.23. The van der Waals surface area contributed by atoms with E-state index < -0.39 is 5.97 Å². The molecule has 4 nitrogen and oxygen atoms in total. The van der Waals surface area contributed by atoms with E-state index in [1.807, 2.05) is 31.2 Å². The molecule has 0 atom stereocenters. The topological polar surface area (TPSA) is 68.1 Å². The Morgan fingerprint density at radius 1 is 1.44 bits per heavy atom. The Labute approximate surface area is 105 Å². The zero-order chi connectivity index (χ0) is 13.1. The number of esters is 1. The molecule has 4 heteroatoms. The maximum atomic E-state index is 11.4. The van der Waals surface area contributed by atoms with E-state index in [1.54, 1.807) is 6.92 Å². The van der Waals surface area contributed by atoms with Crippen LogP contribution in [-0.2, 0) is 9.53 Å². The Kier molecular flexibility index (Phi) is 3.37. The largest absolute Gasteiger partial charge is 0.463 e. The lowest BCUT2D eigenvalue weighted by molar-refractivity contribution is -0.137. The molecule has 3 N–H and O–H groups in total. The number of aromatic amines is 1. The van der Waals surface area contributed by atoms with Crippen molar-refractivity contribution in [2.75, 3.05) is 6.61 Å². The van der Waals surface area contributed by atoms with Gasteiger partial charge in [-0.2, -0.15) is 0 Å². The van der Waals surface area contributed by atoms with Gasteiger partial charge in [-0.1, -0.05) is 18.2 Å². The highest BCUT2D eigenvalue weighted by atomic mass is 16.5. The van der Waals surface area contributed by atoms with Crippen molar-refractivity contribution in [3.63, 3.8) is 0 Å². The lowest BCUT2D eigenvalue weighted by atomic mass is 10.1. The summed E-state index contributed by atoms with van der Waals surface area (Å²) in [4.78, 5) is 14.6. The van der Waals surface area contributed by atoms with Gasteiger partial charge in [0, 0.05) is 33.9 Å². The van der Waals surface area contributed by atoms with Gasteiger partial charge in [0.25, 0.3) is 0 Å². The average molecular weight is 244 g/mol. The third-order valence-corrected chi connectivity index (χ3v) is 2.74. The van der Waals surface area contributed by atoms with Gasteiger partial charge in [-0.3, -0.25) is 0 Å². The van der Waals surface area contributed by atoms with E-state index in [2.05, 4.69) is 4.98 Å². The summed E-state index contributed by atoms with van der Waals surface area (Å²) in [6, 6.07) is 7.84. The molecule has 0 fully saturated rings. The monoisotopic (exact) mass is 244 g/mol. The predicted octanol–water partition coefficient (Wildman–Crippen LogP) is 2.34. The number of nitrogens with two attached hydrogens (primary N) is 1. The van der Waals surface area contributed by atoms with Gasteiger partial charge in [0.15, 0.2) is 0 Å². The van der Waals surface area contributed by atoms with Crippen molar-refractivity contribution in [3.05, 3.63) is 41.6 Å². The Morgan fingerprint density at radius 2 is 2.17 bits per heavy atom. The number of aromatic nitrogens is 1. The first-order valence-electron chi connectivity index (χ1n) is 5.85. The minimum atomic E-state index is -0.417. The van der Waals surface area contributed by atoms with Crippen molar-refractivity contribution >= 4 is 22.6 Å². The Bertz CT molecular complexity index is 611. The summed E-state index contributed by atoms with van der Waals surface area (Å²) < 4.78 is 4.86. The summed E-state index contributed by atoms with van der Waals surface area (Å²) in [6.07, 6.45) is 1.33. The van der Waals surface area contributed by atoms with Crippen LogP contribution in [0.2, 0.25) is 0 Å². The first kappa shape index (κ1) is 12.2. The van der Waals surface area contributed by atoms with Gasteiger partial charge in [-0.15, -0.1) is 0 Å². The number of carbonyl (C=O) groups is 1. The van der Waals surface area contributed by atoms with Gasteiger partial charge in [-0.25, -0.2) is 4.79 Å². The highest BCUT2D eigenvalue weighted by Gasteiger charge is 2.11. The van der Waals surface area contributed by atoms with E-state index in [0.717, 1.165) is 22.2 Å². The summed E-state index contributed by atoms with van der Waals surface area (Å²) in [5.41, 5.74) is 9.20. The molecular formula is C14H16N2O2. The van der Waals surface area contributed by atoms with Gasteiger partial charge in [0.05, 0.1) is 6.61 Å². The van der Waals surface area contributed by atoms with Crippen molar-refractivity contribution in [3.8, 4) is 0 Å². The summed E-state index contributed by atoms with van der Waals surface area (Å²) in [5, 5.41) is 1.01. The number of carbonyl (C=O) groups excluding carboxylic acids is 1. The van der Waals surface area contributed by atoms with Crippen molar-refractivity contribution < 1.29 is 9.53 Å². The normalized spacial score (nSPS) is 11.8. The molecule has 0 amide bonds. The molecule has 2 rings (SSSR count). The molecule has 1 aromatic carbocycles. The summed E-state index contributed by atoms with van der Waals surface area (Å²) in [6.45, 7) is 4.04. The van der Waals surface area contributed by atoms with Crippen molar-refractivity contribution in [1.82, 2.24) is 4.98 Å². The van der Waals surface area contributed by atoms with E-state index in [9.17, 15) is 4.79 Å². The summed E-state index contributed by atoms with van der Waals surface area (Å²) >= 11 is 0. The number of nitrogens with one attached hydrogen (secondary N) is 1. The van der Waals surface area contributed by atoms with Crippen LogP contribution in [0.3, 0.4) is 0 Å². The zero-order valence-corrected chi connectivity index (χ0v) is 10.5. The van der Waals surface area contributed by atoms with E-state index >= 15 is 0 Å². The van der Waals surface area contributed by atoms with Gasteiger partial charge in [0.1, 0.15) is 0 Å². The third kappa shape index (κ3) is 2.22. The molecule has 0 aliphatic rings. The molecule has 94 valence electrons. The van der Waals surface area contributed by atoms with Crippen LogP contribution >= 0.6 is 0 Å². The molecule has 0 saturated heterocycles. The molecule has 0 spiro atoms. The van der Waals surface area contributed by atoms with E-state index in [4.69, 9.17) is 10.5 Å². The van der Waals surface area contributed by atoms with Crippen LogP contribution in [0.4, 0.5) is 0 Å². The molecule has 1 aromatic heterocycles. The van der Waals surface area contributed by atoms with Crippen LogP contribution in [0.1, 0.15) is 18.2 Å². The second-order valence-electron chi connectivity index (χ2n) is 4.02. The number of aryl methyl sites for hydroxylation is 1. The van der Waals surface area contributed by atoms with Gasteiger partial charge < -0.3 is 15.5 Å². The molecule has 0 radical (unpaired) electrons. The first-order chi connectivity index (χ1) is 8.63. The molecule has 0 bridgehead atoms. The fourth-order valence-corrected chi connectivity index (χ4v) is 2.03. The Morgan fingerprint density at radius 3 is 2.89 bits per heavy atom. The van der Waals surface area contributed by atoms with E-state index in [1.165, 1.54) is 6.08 Å². The number of rotatable bonds is 3. The second-order valence-corrected chi connectivity index (χ2v) is 4.02. The lowest BCUT2D eigenvalue weighted by Crippen LogP contribution is -2.05. The molecular weight excluding hydrogens is 228 g/mol. The summed E-state index contributed by atoms with van der Waals surface area (Å²) in [5.74, 6) is -0.417. The third-order valence-electron chi connectivity index (χ3n) is 2.74. The average Bonchev–Trinajstić information content (AvgIpc) is 2.64. The van der Waals surface area contributed by atoms with Crippen LogP contribution in [0.15, 0.2) is 30.3 Å². The van der Waals surface area contributed by atoms with Crippen LogP contribution in [0, 0.1) is 6.92 Å². The smallest absolute Gasteiger partial charge is 0.332 e. The van der Waals surface area contributed by atoms with Crippen molar-refractivity contribution in [2.45, 2.75) is 13.8 Å². The number of hydrogen-bond acceptors (Lipinski definition) is 3. The van der Waals surface area contributed by atoms with Gasteiger partial charge in [-0.05, 0) is 19.9 Å². The number of para-hydroxylation sites is 1. The van der Waals surface area contributed by atoms with Crippen LogP contribution < -0.4 is 5.73 Å². The molecule has 2 aromatic rings. The number of hydrogen-bond donors (Lipinski definition) is 2. The first-order valence-corrected chi connectivity index (χ1v) is 5.85. The van der Waals surface area contributed by atoms with Crippen LogP contribution in [0.5, 0.6) is 0 Å². The van der Waals surface area contributed by atoms with Gasteiger partial charge >= 0.3 is 5.97 Å². The van der Waals surface area contributed by atoms with Crippen LogP contribution in [-0.4, -0.2) is 17.6 Å². The highest BCUT2D eigenvalue weighted by molar-refractivity contribution is 5.98. The standard InChI is InChI=1S/C14H16N2O2/c1-3-18-13(17)8-11(15)14-9(2)16-12-7-5-4-6-10(12)14/h4-8,16H,3,15H2,1-2H3/b11-8+. The zero-order valence-electron chi connectivity index (χ0n) is 10.5. The summed E-state index contributed by atoms with van der Waals surface area (Å²) in [7, 11) is 0.